The molecule has 1 rings (SSSR count). The minimum absolute atomic E-state index is 0.417. The van der Waals surface area contributed by atoms with Gasteiger partial charge >= 0.3 is 0 Å². The molecule has 3 N–H and O–H groups in total. The highest BCUT2D eigenvalue weighted by Crippen LogP contribution is 2.29. The number of nitrogens with two attached hydrogens (primary N) is 1. The monoisotopic (exact) mass is 223 g/mol. The zero-order chi connectivity index (χ0) is 9.14. The van der Waals surface area contributed by atoms with Gasteiger partial charge in [0.1, 0.15) is 5.03 Å². The normalized spacial score (nSPS) is 10.0. The molecule has 0 aromatic carbocycles. The number of halogens is 2. The molecule has 0 saturated carbocycles. The summed E-state index contributed by atoms with van der Waals surface area (Å²) in [6.45, 7) is 0. The number of nitrogens with zero attached hydrogens (tertiary/aromatic N) is 1. The average Bonchev–Trinajstić information content (AvgIpc) is 2.05. The zero-order valence-corrected chi connectivity index (χ0v) is 8.59. The molecule has 0 atom stereocenters. The number of nitrogens with one attached hydrogen (secondary N) is 1. The van der Waals surface area contributed by atoms with E-state index in [1.165, 1.54) is 11.8 Å². The van der Waals surface area contributed by atoms with Crippen molar-refractivity contribution in [3.8, 4) is 0 Å². The highest BCUT2D eigenvalue weighted by Gasteiger charge is 2.06. The van der Waals surface area contributed by atoms with Crippen molar-refractivity contribution in [1.29, 1.82) is 0 Å². The Kier molecular flexibility index (Phi) is 3.46. The van der Waals surface area contributed by atoms with E-state index < -0.39 is 0 Å². The van der Waals surface area contributed by atoms with Crippen molar-refractivity contribution in [1.82, 2.24) is 4.98 Å². The van der Waals surface area contributed by atoms with Crippen LogP contribution in [0.25, 0.3) is 0 Å². The summed E-state index contributed by atoms with van der Waals surface area (Å²) in [5.74, 6) is 5.61. The van der Waals surface area contributed by atoms with Crippen LogP contribution < -0.4 is 11.3 Å². The molecule has 0 bridgehead atoms. The van der Waals surface area contributed by atoms with Gasteiger partial charge in [-0.05, 0) is 12.3 Å². The fourth-order valence-corrected chi connectivity index (χ4v) is 1.78. The number of aromatic nitrogens is 1. The second-order valence-corrected chi connectivity index (χ2v) is 3.56. The molecule has 12 heavy (non-hydrogen) atoms. The van der Waals surface area contributed by atoms with Crippen LogP contribution in [0.2, 0.25) is 10.0 Å². The number of anilines is 1. The van der Waals surface area contributed by atoms with Gasteiger partial charge in [0.25, 0.3) is 0 Å². The molecule has 1 aromatic heterocycles. The summed E-state index contributed by atoms with van der Waals surface area (Å²) in [5, 5.41) is 1.65. The summed E-state index contributed by atoms with van der Waals surface area (Å²) in [7, 11) is 0. The van der Waals surface area contributed by atoms with Crippen LogP contribution in [-0.4, -0.2) is 11.2 Å². The maximum Gasteiger partial charge on any atom is 0.160 e. The summed E-state index contributed by atoms with van der Waals surface area (Å²) < 4.78 is 0. The molecule has 66 valence electrons. The summed E-state index contributed by atoms with van der Waals surface area (Å²) in [5.41, 5.74) is 2.38. The van der Waals surface area contributed by atoms with E-state index >= 15 is 0 Å². The Labute approximate surface area is 84.6 Å². The van der Waals surface area contributed by atoms with Crippen LogP contribution in [0.15, 0.2) is 11.1 Å². The fraction of sp³-hybridized carbons (Fsp3) is 0.167. The predicted octanol–water partition coefficient (Wildman–Crippen LogP) is 2.40. The molecule has 0 amide bonds. The number of nitrogen functional groups attached to an aromatic ring is 1. The molecule has 1 aromatic rings. The lowest BCUT2D eigenvalue weighted by molar-refractivity contribution is 1.11. The molecule has 0 aliphatic carbocycles. The van der Waals surface area contributed by atoms with Gasteiger partial charge in [-0.25, -0.2) is 10.8 Å². The van der Waals surface area contributed by atoms with E-state index in [0.29, 0.717) is 20.9 Å². The summed E-state index contributed by atoms with van der Waals surface area (Å²) in [6, 6.07) is 1.61. The van der Waals surface area contributed by atoms with Gasteiger partial charge in [-0.3, -0.25) is 0 Å². The third-order valence-corrected chi connectivity index (χ3v) is 2.61. The maximum absolute atomic E-state index is 5.82. The Morgan fingerprint density at radius 2 is 2.17 bits per heavy atom. The van der Waals surface area contributed by atoms with Crippen molar-refractivity contribution >= 4 is 40.8 Å². The Morgan fingerprint density at radius 3 is 2.67 bits per heavy atom. The van der Waals surface area contributed by atoms with E-state index in [9.17, 15) is 0 Å². The Hall–Kier alpha value is -0.160. The van der Waals surface area contributed by atoms with Crippen LogP contribution in [0.1, 0.15) is 0 Å². The van der Waals surface area contributed by atoms with Gasteiger partial charge in [-0.15, -0.1) is 11.8 Å². The number of hydrogen-bond donors (Lipinski definition) is 2. The van der Waals surface area contributed by atoms with E-state index in [1.54, 1.807) is 6.07 Å². The van der Waals surface area contributed by atoms with Crippen molar-refractivity contribution < 1.29 is 0 Å². The van der Waals surface area contributed by atoms with Crippen molar-refractivity contribution in [2.75, 3.05) is 11.7 Å². The molecule has 0 radical (unpaired) electrons. The van der Waals surface area contributed by atoms with E-state index in [1.807, 2.05) is 6.26 Å². The van der Waals surface area contributed by atoms with E-state index in [0.717, 1.165) is 0 Å². The van der Waals surface area contributed by atoms with Gasteiger partial charge in [0, 0.05) is 0 Å². The number of hydrogen-bond acceptors (Lipinski definition) is 4. The molecule has 3 nitrogen and oxygen atoms in total. The topological polar surface area (TPSA) is 50.9 Å². The lowest BCUT2D eigenvalue weighted by Gasteiger charge is -2.05. The van der Waals surface area contributed by atoms with Gasteiger partial charge < -0.3 is 5.43 Å². The first-order valence-corrected chi connectivity index (χ1v) is 5.03. The van der Waals surface area contributed by atoms with Crippen molar-refractivity contribution in [2.24, 2.45) is 5.84 Å². The third kappa shape index (κ3) is 1.95. The summed E-state index contributed by atoms with van der Waals surface area (Å²) >= 11 is 13.0. The van der Waals surface area contributed by atoms with Gasteiger partial charge in [0.15, 0.2) is 5.82 Å². The minimum Gasteiger partial charge on any atom is -0.307 e. The highest BCUT2D eigenvalue weighted by molar-refractivity contribution is 7.98. The van der Waals surface area contributed by atoms with Crippen LogP contribution in [-0.2, 0) is 0 Å². The Morgan fingerprint density at radius 1 is 1.50 bits per heavy atom. The Balaban J connectivity index is 3.18. The lowest BCUT2D eigenvalue weighted by Crippen LogP contribution is -2.09. The van der Waals surface area contributed by atoms with Crippen molar-refractivity contribution in [3.63, 3.8) is 0 Å². The zero-order valence-electron chi connectivity index (χ0n) is 6.27. The highest BCUT2D eigenvalue weighted by atomic mass is 35.5. The largest absolute Gasteiger partial charge is 0.307 e. The van der Waals surface area contributed by atoms with Crippen LogP contribution in [0, 0.1) is 0 Å². The first kappa shape index (κ1) is 9.92. The fourth-order valence-electron chi connectivity index (χ4n) is 0.694. The molecule has 6 heteroatoms. The standard InChI is InChI=1S/C6H7Cl2N3S/c1-12-6-4(8)2-3(7)5(10-6)11-9/h2H,9H2,1H3,(H,10,11). The van der Waals surface area contributed by atoms with E-state index in [-0.39, 0.29) is 0 Å². The molecule has 0 fully saturated rings. The SMILES string of the molecule is CSc1nc(NN)c(Cl)cc1Cl. The van der Waals surface area contributed by atoms with Gasteiger partial charge in [0.05, 0.1) is 10.0 Å². The molecule has 1 heterocycles. The number of pyridine rings is 1. The predicted molar refractivity (Wildman–Crippen MR) is 53.8 cm³/mol. The smallest absolute Gasteiger partial charge is 0.160 e. The van der Waals surface area contributed by atoms with Gasteiger partial charge in [0.2, 0.25) is 0 Å². The lowest BCUT2D eigenvalue weighted by atomic mass is 10.4. The summed E-state index contributed by atoms with van der Waals surface area (Å²) in [4.78, 5) is 4.07. The second kappa shape index (κ2) is 4.18. The molecule has 0 unspecified atom stereocenters. The van der Waals surface area contributed by atoms with Crippen molar-refractivity contribution in [3.05, 3.63) is 16.1 Å². The van der Waals surface area contributed by atoms with Crippen LogP contribution in [0.3, 0.4) is 0 Å². The third-order valence-electron chi connectivity index (χ3n) is 1.23. The van der Waals surface area contributed by atoms with Crippen LogP contribution in [0.4, 0.5) is 5.82 Å². The molecule has 0 spiro atoms. The minimum atomic E-state index is 0.417. The number of hydrazine groups is 1. The number of thioether (sulfide) groups is 1. The summed E-state index contributed by atoms with van der Waals surface area (Å²) in [6.07, 6.45) is 1.88. The maximum atomic E-state index is 5.82. The molecular weight excluding hydrogens is 217 g/mol. The van der Waals surface area contributed by atoms with E-state index in [4.69, 9.17) is 29.0 Å². The molecule has 0 saturated heterocycles. The first-order chi connectivity index (χ1) is 5.69. The molecule has 0 aliphatic rings. The van der Waals surface area contributed by atoms with Crippen LogP contribution >= 0.6 is 35.0 Å². The first-order valence-electron chi connectivity index (χ1n) is 3.05. The number of rotatable bonds is 2. The second-order valence-electron chi connectivity index (χ2n) is 1.95. The quantitative estimate of drug-likeness (QED) is 0.460. The average molecular weight is 224 g/mol. The van der Waals surface area contributed by atoms with Crippen LogP contribution in [0.5, 0.6) is 0 Å². The Bertz CT molecular complexity index is 267. The van der Waals surface area contributed by atoms with Gasteiger partial charge in [-0.1, -0.05) is 23.2 Å². The molecular formula is C6H7Cl2N3S. The van der Waals surface area contributed by atoms with Crippen molar-refractivity contribution in [2.45, 2.75) is 5.03 Å². The van der Waals surface area contributed by atoms with Gasteiger partial charge in [-0.2, -0.15) is 0 Å². The van der Waals surface area contributed by atoms with E-state index in [2.05, 4.69) is 10.4 Å². The molecule has 0 aliphatic heterocycles.